The number of aliphatic hydroxyl groups excluding tert-OH is 1. The largest absolute Gasteiger partial charge is 0.381 e. The highest BCUT2D eigenvalue weighted by Gasteiger charge is 2.29. The van der Waals surface area contributed by atoms with Crippen molar-refractivity contribution in [2.75, 3.05) is 11.1 Å². The molecule has 0 fully saturated rings. The van der Waals surface area contributed by atoms with Gasteiger partial charge in [0, 0.05) is 29.3 Å². The van der Waals surface area contributed by atoms with Gasteiger partial charge in [-0.15, -0.1) is 0 Å². The number of fused-ring (bicyclic) bond motifs is 1. The molecule has 5 aromatic rings. The summed E-state index contributed by atoms with van der Waals surface area (Å²) in [5.74, 6) is -0.815. The standard InChI is InChI=1S/C27H24N6O3/c28-27-30-21-13-10-19(16-22(21)31-27)29-26(36)24(34)23(17-6-2-1-3-7-17)32-25(35)18-8-11-20(12-9-18)33-14-4-5-15-33/h1-16,23-24,34H,(H,29,36)(H,32,35)(H3,28,30,31). The Morgan fingerprint density at radius 2 is 1.67 bits per heavy atom. The van der Waals surface area contributed by atoms with E-state index in [0.29, 0.717) is 27.8 Å². The summed E-state index contributed by atoms with van der Waals surface area (Å²) >= 11 is 0. The third-order valence-electron chi connectivity index (χ3n) is 5.83. The van der Waals surface area contributed by atoms with Crippen LogP contribution in [-0.2, 0) is 4.79 Å². The van der Waals surface area contributed by atoms with Gasteiger partial charge in [-0.2, -0.15) is 0 Å². The number of hydrogen-bond acceptors (Lipinski definition) is 5. The van der Waals surface area contributed by atoms with Crippen LogP contribution in [0.15, 0.2) is 97.3 Å². The fourth-order valence-electron chi connectivity index (χ4n) is 4.00. The lowest BCUT2D eigenvalue weighted by Gasteiger charge is -2.24. The molecular weight excluding hydrogens is 456 g/mol. The van der Waals surface area contributed by atoms with E-state index in [9.17, 15) is 14.7 Å². The average molecular weight is 481 g/mol. The molecule has 2 amide bonds. The summed E-state index contributed by atoms with van der Waals surface area (Å²) in [7, 11) is 0. The second-order valence-electron chi connectivity index (χ2n) is 8.29. The van der Waals surface area contributed by atoms with Gasteiger partial charge in [0.15, 0.2) is 12.1 Å². The Kier molecular flexibility index (Phi) is 6.21. The fourth-order valence-corrected chi connectivity index (χ4v) is 4.00. The minimum Gasteiger partial charge on any atom is -0.381 e. The number of aliphatic hydroxyl groups is 1. The van der Waals surface area contributed by atoms with Gasteiger partial charge in [-0.25, -0.2) is 4.98 Å². The molecule has 2 unspecified atom stereocenters. The van der Waals surface area contributed by atoms with Gasteiger partial charge < -0.3 is 31.0 Å². The Balaban J connectivity index is 1.35. The molecule has 0 spiro atoms. The van der Waals surface area contributed by atoms with Crippen molar-refractivity contribution >= 4 is 34.5 Å². The zero-order chi connectivity index (χ0) is 25.1. The van der Waals surface area contributed by atoms with Crippen LogP contribution in [0.4, 0.5) is 11.6 Å². The summed E-state index contributed by atoms with van der Waals surface area (Å²) in [6, 6.07) is 23.8. The lowest BCUT2D eigenvalue weighted by Crippen LogP contribution is -2.42. The summed E-state index contributed by atoms with van der Waals surface area (Å²) in [6.07, 6.45) is 2.27. The van der Waals surface area contributed by atoms with Crippen molar-refractivity contribution in [3.05, 3.63) is 108 Å². The highest BCUT2D eigenvalue weighted by atomic mass is 16.3. The maximum absolute atomic E-state index is 13.1. The minimum absolute atomic E-state index is 0.266. The van der Waals surface area contributed by atoms with Crippen molar-refractivity contribution in [1.82, 2.24) is 19.9 Å². The van der Waals surface area contributed by atoms with E-state index in [0.717, 1.165) is 5.69 Å². The molecule has 2 atom stereocenters. The van der Waals surface area contributed by atoms with Crippen LogP contribution in [0.5, 0.6) is 0 Å². The van der Waals surface area contributed by atoms with Gasteiger partial charge in [-0.1, -0.05) is 30.3 Å². The number of carbonyl (C=O) groups excluding carboxylic acids is 2. The van der Waals surface area contributed by atoms with Crippen molar-refractivity contribution in [3.8, 4) is 5.69 Å². The Bertz CT molecular complexity index is 1490. The fraction of sp³-hybridized carbons (Fsp3) is 0.0741. The number of aromatic nitrogens is 3. The van der Waals surface area contributed by atoms with E-state index in [1.54, 1.807) is 54.6 Å². The first-order valence-electron chi connectivity index (χ1n) is 11.3. The van der Waals surface area contributed by atoms with Crippen LogP contribution >= 0.6 is 0 Å². The molecule has 6 N–H and O–H groups in total. The Morgan fingerprint density at radius 1 is 0.944 bits per heavy atom. The lowest BCUT2D eigenvalue weighted by atomic mass is 10.00. The summed E-state index contributed by atoms with van der Waals surface area (Å²) < 4.78 is 1.93. The van der Waals surface area contributed by atoms with E-state index in [2.05, 4.69) is 20.6 Å². The molecule has 9 nitrogen and oxygen atoms in total. The zero-order valence-electron chi connectivity index (χ0n) is 19.1. The number of nitrogens with two attached hydrogens (primary N) is 1. The van der Waals surface area contributed by atoms with Gasteiger partial charge in [0.05, 0.1) is 17.1 Å². The van der Waals surface area contributed by atoms with Crippen molar-refractivity contribution in [3.63, 3.8) is 0 Å². The number of nitrogens with zero attached hydrogens (tertiary/aromatic N) is 2. The number of nitrogens with one attached hydrogen (secondary N) is 3. The quantitative estimate of drug-likeness (QED) is 0.243. The number of aromatic amines is 1. The molecular formula is C27H24N6O3. The van der Waals surface area contributed by atoms with Crippen LogP contribution in [-0.4, -0.2) is 37.6 Å². The van der Waals surface area contributed by atoms with Crippen LogP contribution in [0.2, 0.25) is 0 Å². The molecule has 0 saturated heterocycles. The molecule has 0 saturated carbocycles. The summed E-state index contributed by atoms with van der Waals surface area (Å²) in [4.78, 5) is 33.1. The molecule has 9 heteroatoms. The highest BCUT2D eigenvalue weighted by molar-refractivity contribution is 5.98. The number of anilines is 2. The lowest BCUT2D eigenvalue weighted by molar-refractivity contribution is -0.125. The Labute approximate surface area is 206 Å². The molecule has 0 radical (unpaired) electrons. The van der Waals surface area contributed by atoms with E-state index in [-0.39, 0.29) is 5.95 Å². The van der Waals surface area contributed by atoms with Gasteiger partial charge >= 0.3 is 0 Å². The number of H-pyrrole nitrogens is 1. The van der Waals surface area contributed by atoms with E-state index < -0.39 is 24.0 Å². The summed E-state index contributed by atoms with van der Waals surface area (Å²) in [5, 5.41) is 16.5. The molecule has 2 aromatic heterocycles. The first-order valence-corrected chi connectivity index (χ1v) is 11.3. The molecule has 3 aromatic carbocycles. The zero-order valence-corrected chi connectivity index (χ0v) is 19.1. The number of benzene rings is 3. The Morgan fingerprint density at radius 3 is 2.39 bits per heavy atom. The van der Waals surface area contributed by atoms with Gasteiger partial charge in [0.1, 0.15) is 0 Å². The second-order valence-corrected chi connectivity index (χ2v) is 8.29. The molecule has 36 heavy (non-hydrogen) atoms. The highest BCUT2D eigenvalue weighted by Crippen LogP contribution is 2.22. The number of hydrogen-bond donors (Lipinski definition) is 5. The van der Waals surface area contributed by atoms with E-state index in [4.69, 9.17) is 5.73 Å². The molecule has 0 bridgehead atoms. The maximum atomic E-state index is 13.1. The minimum atomic E-state index is -1.56. The van der Waals surface area contributed by atoms with Crippen molar-refractivity contribution < 1.29 is 14.7 Å². The molecule has 2 heterocycles. The molecule has 180 valence electrons. The van der Waals surface area contributed by atoms with E-state index in [1.165, 1.54) is 0 Å². The van der Waals surface area contributed by atoms with E-state index in [1.807, 2.05) is 47.3 Å². The first kappa shape index (κ1) is 22.9. The van der Waals surface area contributed by atoms with Gasteiger partial charge in [0.2, 0.25) is 0 Å². The number of nitrogen functional groups attached to an aromatic ring is 1. The van der Waals surface area contributed by atoms with Crippen molar-refractivity contribution in [2.24, 2.45) is 0 Å². The molecule has 0 aliphatic heterocycles. The topological polar surface area (TPSA) is 138 Å². The molecule has 0 aliphatic carbocycles. The van der Waals surface area contributed by atoms with E-state index >= 15 is 0 Å². The van der Waals surface area contributed by atoms with Crippen LogP contribution in [0.25, 0.3) is 16.7 Å². The first-order chi connectivity index (χ1) is 17.5. The van der Waals surface area contributed by atoms with Crippen LogP contribution in [0, 0.1) is 0 Å². The average Bonchev–Trinajstić information content (AvgIpc) is 3.56. The predicted octanol–water partition coefficient (Wildman–Crippen LogP) is 3.41. The van der Waals surface area contributed by atoms with Crippen molar-refractivity contribution in [2.45, 2.75) is 12.1 Å². The maximum Gasteiger partial charge on any atom is 0.255 e. The van der Waals surface area contributed by atoms with Crippen LogP contribution < -0.4 is 16.4 Å². The Hall–Kier alpha value is -4.89. The summed E-state index contributed by atoms with van der Waals surface area (Å²) in [6.45, 7) is 0. The number of carbonyl (C=O) groups is 2. The summed E-state index contributed by atoms with van der Waals surface area (Å²) in [5.41, 5.74) is 9.35. The monoisotopic (exact) mass is 480 g/mol. The van der Waals surface area contributed by atoms with Crippen molar-refractivity contribution in [1.29, 1.82) is 0 Å². The van der Waals surface area contributed by atoms with Gasteiger partial charge in [-0.05, 0) is 60.2 Å². The number of rotatable bonds is 7. The van der Waals surface area contributed by atoms with Gasteiger partial charge in [-0.3, -0.25) is 9.59 Å². The van der Waals surface area contributed by atoms with Gasteiger partial charge in [0.25, 0.3) is 11.8 Å². The number of imidazole rings is 1. The SMILES string of the molecule is Nc1nc2ccc(NC(=O)C(O)C(NC(=O)c3ccc(-n4cccc4)cc3)c3ccccc3)cc2[nH]1. The smallest absolute Gasteiger partial charge is 0.255 e. The number of amides is 2. The molecule has 0 aliphatic rings. The molecule has 5 rings (SSSR count). The third-order valence-corrected chi connectivity index (χ3v) is 5.83. The van der Waals surface area contributed by atoms with Crippen LogP contribution in [0.1, 0.15) is 22.0 Å². The third kappa shape index (κ3) is 4.82. The normalized spacial score (nSPS) is 12.7. The predicted molar refractivity (Wildman–Crippen MR) is 138 cm³/mol. The second kappa shape index (κ2) is 9.77. The van der Waals surface area contributed by atoms with Crippen LogP contribution in [0.3, 0.4) is 0 Å².